The number of fused-ring (bicyclic) bond motifs is 1. The Morgan fingerprint density at radius 1 is 1.17 bits per heavy atom. The molecule has 3 aromatic rings. The van der Waals surface area contributed by atoms with E-state index in [0.717, 1.165) is 11.1 Å². The van der Waals surface area contributed by atoms with Crippen LogP contribution in [0, 0.1) is 0 Å². The molecule has 4 heterocycles. The first-order valence-corrected chi connectivity index (χ1v) is 9.34. The minimum atomic E-state index is -0.357. The number of aromatic nitrogens is 5. The average molecular weight is 391 g/mol. The molecule has 0 aliphatic carbocycles. The predicted molar refractivity (Wildman–Crippen MR) is 106 cm³/mol. The minimum absolute atomic E-state index is 0.00228. The molecule has 0 atom stereocenters. The SMILES string of the molecule is CC(=O)N1Cc2cnc(C(=O)Nc3cccc(-c4nncn4C(C)C)n3)cc2C1. The number of hydrogen-bond acceptors (Lipinski definition) is 6. The molecule has 0 aromatic carbocycles. The van der Waals surface area contributed by atoms with Crippen molar-refractivity contribution in [2.45, 2.75) is 39.9 Å². The number of amides is 2. The Bertz CT molecular complexity index is 1090. The Morgan fingerprint density at radius 3 is 2.72 bits per heavy atom. The Hall–Kier alpha value is -3.62. The second kappa shape index (κ2) is 7.42. The van der Waals surface area contributed by atoms with Crippen LogP contribution < -0.4 is 5.32 Å². The molecular formula is C20H21N7O2. The fourth-order valence-electron chi connectivity index (χ4n) is 3.24. The van der Waals surface area contributed by atoms with Gasteiger partial charge in [-0.25, -0.2) is 4.98 Å². The van der Waals surface area contributed by atoms with Crippen molar-refractivity contribution < 1.29 is 9.59 Å². The molecule has 0 saturated carbocycles. The van der Waals surface area contributed by atoms with Gasteiger partial charge in [0.05, 0.1) is 0 Å². The van der Waals surface area contributed by atoms with Crippen LogP contribution in [-0.4, -0.2) is 41.4 Å². The van der Waals surface area contributed by atoms with Gasteiger partial charge in [-0.05, 0) is 43.2 Å². The molecule has 4 rings (SSSR count). The number of anilines is 1. The molecule has 9 nitrogen and oxygen atoms in total. The van der Waals surface area contributed by atoms with Crippen molar-refractivity contribution in [1.29, 1.82) is 0 Å². The summed E-state index contributed by atoms with van der Waals surface area (Å²) in [6.45, 7) is 6.62. The summed E-state index contributed by atoms with van der Waals surface area (Å²) in [6.07, 6.45) is 3.31. The van der Waals surface area contributed by atoms with E-state index in [1.165, 1.54) is 6.92 Å². The van der Waals surface area contributed by atoms with Gasteiger partial charge in [-0.1, -0.05) is 6.07 Å². The lowest BCUT2D eigenvalue weighted by Crippen LogP contribution is -2.21. The summed E-state index contributed by atoms with van der Waals surface area (Å²) in [5.74, 6) is 0.682. The van der Waals surface area contributed by atoms with Crippen molar-refractivity contribution in [3.63, 3.8) is 0 Å². The molecule has 29 heavy (non-hydrogen) atoms. The Morgan fingerprint density at radius 2 is 1.97 bits per heavy atom. The molecule has 1 N–H and O–H groups in total. The van der Waals surface area contributed by atoms with E-state index >= 15 is 0 Å². The van der Waals surface area contributed by atoms with Crippen molar-refractivity contribution in [3.05, 3.63) is 53.6 Å². The van der Waals surface area contributed by atoms with E-state index in [2.05, 4.69) is 25.5 Å². The maximum Gasteiger partial charge on any atom is 0.275 e. The summed E-state index contributed by atoms with van der Waals surface area (Å²) in [6, 6.07) is 7.25. The molecule has 148 valence electrons. The van der Waals surface area contributed by atoms with Gasteiger partial charge in [0.2, 0.25) is 5.91 Å². The van der Waals surface area contributed by atoms with Crippen LogP contribution in [-0.2, 0) is 17.9 Å². The highest BCUT2D eigenvalue weighted by atomic mass is 16.2. The van der Waals surface area contributed by atoms with Gasteiger partial charge >= 0.3 is 0 Å². The molecule has 1 aliphatic rings. The molecular weight excluding hydrogens is 370 g/mol. The Balaban J connectivity index is 1.54. The summed E-state index contributed by atoms with van der Waals surface area (Å²) in [7, 11) is 0. The van der Waals surface area contributed by atoms with E-state index in [9.17, 15) is 9.59 Å². The smallest absolute Gasteiger partial charge is 0.275 e. The maximum absolute atomic E-state index is 12.7. The number of nitrogens with zero attached hydrogens (tertiary/aromatic N) is 6. The highest BCUT2D eigenvalue weighted by Gasteiger charge is 2.23. The molecule has 2 amide bonds. The van der Waals surface area contributed by atoms with Crippen LogP contribution in [0.4, 0.5) is 5.82 Å². The fraction of sp³-hybridized carbons (Fsp3) is 0.300. The summed E-state index contributed by atoms with van der Waals surface area (Å²) in [5.41, 5.74) is 2.80. The monoisotopic (exact) mass is 391 g/mol. The van der Waals surface area contributed by atoms with E-state index in [1.807, 2.05) is 24.5 Å². The summed E-state index contributed by atoms with van der Waals surface area (Å²) >= 11 is 0. The molecule has 1 aliphatic heterocycles. The van der Waals surface area contributed by atoms with Gasteiger partial charge in [0.25, 0.3) is 5.91 Å². The number of carbonyl (C=O) groups is 2. The van der Waals surface area contributed by atoms with E-state index in [-0.39, 0.29) is 23.6 Å². The number of pyridine rings is 2. The van der Waals surface area contributed by atoms with Crippen molar-refractivity contribution in [2.75, 3.05) is 5.32 Å². The van der Waals surface area contributed by atoms with Crippen LogP contribution >= 0.6 is 0 Å². The molecule has 0 unspecified atom stereocenters. The number of nitrogens with one attached hydrogen (secondary N) is 1. The van der Waals surface area contributed by atoms with Crippen LogP contribution in [0.5, 0.6) is 0 Å². The van der Waals surface area contributed by atoms with Crippen LogP contribution in [0.15, 0.2) is 36.8 Å². The fourth-order valence-corrected chi connectivity index (χ4v) is 3.24. The predicted octanol–water partition coefficient (Wildman–Crippen LogP) is 2.43. The van der Waals surface area contributed by atoms with Gasteiger partial charge in [-0.3, -0.25) is 14.6 Å². The number of rotatable bonds is 4. The van der Waals surface area contributed by atoms with Crippen LogP contribution in [0.3, 0.4) is 0 Å². The van der Waals surface area contributed by atoms with Crippen LogP contribution in [0.1, 0.15) is 48.4 Å². The van der Waals surface area contributed by atoms with Crippen molar-refractivity contribution in [1.82, 2.24) is 29.6 Å². The van der Waals surface area contributed by atoms with Crippen molar-refractivity contribution >= 4 is 17.6 Å². The van der Waals surface area contributed by atoms with Crippen LogP contribution in [0.2, 0.25) is 0 Å². The summed E-state index contributed by atoms with van der Waals surface area (Å²) < 4.78 is 1.91. The molecule has 3 aromatic heterocycles. The standard InChI is InChI=1S/C20H21N7O2/c1-12(2)27-11-22-25-19(27)16-5-4-6-18(23-16)24-20(29)17-7-14-9-26(13(3)28)10-15(14)8-21-17/h4-8,11-12H,9-10H2,1-3H3,(H,23,24,29). The van der Waals surface area contributed by atoms with E-state index < -0.39 is 0 Å². The van der Waals surface area contributed by atoms with Crippen molar-refractivity contribution in [2.24, 2.45) is 0 Å². The number of carbonyl (C=O) groups excluding carboxylic acids is 2. The average Bonchev–Trinajstić information content (AvgIpc) is 3.34. The lowest BCUT2D eigenvalue weighted by Gasteiger charge is -2.11. The van der Waals surface area contributed by atoms with Crippen LogP contribution in [0.25, 0.3) is 11.5 Å². The zero-order chi connectivity index (χ0) is 20.5. The lowest BCUT2D eigenvalue weighted by molar-refractivity contribution is -0.129. The van der Waals surface area contributed by atoms with E-state index in [1.54, 1.807) is 35.6 Å². The molecule has 0 saturated heterocycles. The third kappa shape index (κ3) is 3.71. The summed E-state index contributed by atoms with van der Waals surface area (Å²) in [4.78, 5) is 34.7. The Kier molecular flexibility index (Phi) is 4.79. The topological polar surface area (TPSA) is 106 Å². The highest BCUT2D eigenvalue weighted by Crippen LogP contribution is 2.23. The van der Waals surface area contributed by atoms with Gasteiger partial charge < -0.3 is 14.8 Å². The molecule has 0 fully saturated rings. The lowest BCUT2D eigenvalue weighted by atomic mass is 10.1. The third-order valence-corrected chi connectivity index (χ3v) is 4.83. The second-order valence-corrected chi connectivity index (χ2v) is 7.23. The molecule has 0 radical (unpaired) electrons. The maximum atomic E-state index is 12.7. The van der Waals surface area contributed by atoms with Gasteiger partial charge in [-0.2, -0.15) is 0 Å². The van der Waals surface area contributed by atoms with E-state index in [4.69, 9.17) is 0 Å². The van der Waals surface area contributed by atoms with Gasteiger partial charge in [0, 0.05) is 32.3 Å². The third-order valence-electron chi connectivity index (χ3n) is 4.83. The normalized spacial score (nSPS) is 12.9. The van der Waals surface area contributed by atoms with Gasteiger partial charge in [0.15, 0.2) is 5.82 Å². The first-order chi connectivity index (χ1) is 13.9. The molecule has 0 bridgehead atoms. The first kappa shape index (κ1) is 18.7. The van der Waals surface area contributed by atoms with Crippen molar-refractivity contribution in [3.8, 4) is 11.5 Å². The largest absolute Gasteiger partial charge is 0.334 e. The zero-order valence-corrected chi connectivity index (χ0v) is 16.5. The minimum Gasteiger partial charge on any atom is -0.334 e. The van der Waals surface area contributed by atoms with E-state index in [0.29, 0.717) is 30.4 Å². The molecule has 9 heteroatoms. The second-order valence-electron chi connectivity index (χ2n) is 7.23. The Labute approximate surface area is 167 Å². The van der Waals surface area contributed by atoms with Gasteiger partial charge in [-0.15, -0.1) is 10.2 Å². The van der Waals surface area contributed by atoms with Gasteiger partial charge in [0.1, 0.15) is 23.5 Å². The molecule has 0 spiro atoms. The quantitative estimate of drug-likeness (QED) is 0.732. The highest BCUT2D eigenvalue weighted by molar-refractivity contribution is 6.02. The number of hydrogen-bond donors (Lipinski definition) is 1. The first-order valence-electron chi connectivity index (χ1n) is 9.34. The summed E-state index contributed by atoms with van der Waals surface area (Å²) in [5, 5.41) is 10.9. The zero-order valence-electron chi connectivity index (χ0n) is 16.5.